The lowest BCUT2D eigenvalue weighted by molar-refractivity contribution is 0.904. The second-order valence-corrected chi connectivity index (χ2v) is 5.72. The van der Waals surface area contributed by atoms with Crippen LogP contribution in [0.2, 0.25) is 0 Å². The van der Waals surface area contributed by atoms with Crippen LogP contribution in [0, 0.1) is 0 Å². The summed E-state index contributed by atoms with van der Waals surface area (Å²) in [5, 5.41) is 2.66. The van der Waals surface area contributed by atoms with E-state index in [4.69, 9.17) is 0 Å². The highest BCUT2D eigenvalue weighted by atomic mass is 14.9. The Morgan fingerprint density at radius 3 is 2.48 bits per heavy atom. The second-order valence-electron chi connectivity index (χ2n) is 5.72. The SMILES string of the molecule is CC(c1c[nH]c2ccccc12)c1cn(C)c2ccccc12. The third-order valence-corrected chi connectivity index (χ3v) is 4.48. The van der Waals surface area contributed by atoms with E-state index in [1.807, 2.05) is 0 Å². The molecule has 0 fully saturated rings. The maximum atomic E-state index is 3.39. The Bertz CT molecular complexity index is 927. The molecule has 1 atom stereocenters. The molecule has 0 saturated carbocycles. The topological polar surface area (TPSA) is 20.7 Å². The van der Waals surface area contributed by atoms with Gasteiger partial charge in [0.15, 0.2) is 0 Å². The van der Waals surface area contributed by atoms with E-state index in [1.54, 1.807) is 0 Å². The molecule has 0 spiro atoms. The van der Waals surface area contributed by atoms with Gasteiger partial charge in [-0.1, -0.05) is 43.3 Å². The van der Waals surface area contributed by atoms with Crippen molar-refractivity contribution >= 4 is 21.8 Å². The Balaban J connectivity index is 1.92. The van der Waals surface area contributed by atoms with Gasteiger partial charge in [-0.15, -0.1) is 0 Å². The molecule has 0 amide bonds. The van der Waals surface area contributed by atoms with E-state index in [1.165, 1.54) is 32.9 Å². The van der Waals surface area contributed by atoms with Crippen LogP contribution in [-0.4, -0.2) is 9.55 Å². The first-order valence-electron chi connectivity index (χ1n) is 7.35. The van der Waals surface area contributed by atoms with Crippen molar-refractivity contribution in [3.63, 3.8) is 0 Å². The summed E-state index contributed by atoms with van der Waals surface area (Å²) in [6, 6.07) is 17.1. The number of rotatable bonds is 2. The number of nitrogens with zero attached hydrogens (tertiary/aromatic N) is 1. The Hall–Kier alpha value is -2.48. The van der Waals surface area contributed by atoms with E-state index in [0.29, 0.717) is 5.92 Å². The van der Waals surface area contributed by atoms with Gasteiger partial charge in [0.25, 0.3) is 0 Å². The van der Waals surface area contributed by atoms with E-state index >= 15 is 0 Å². The molecule has 104 valence electrons. The summed E-state index contributed by atoms with van der Waals surface area (Å²) in [4.78, 5) is 3.39. The molecule has 2 heterocycles. The van der Waals surface area contributed by atoms with Gasteiger partial charge in [-0.25, -0.2) is 0 Å². The molecule has 0 aliphatic heterocycles. The van der Waals surface area contributed by atoms with Crippen molar-refractivity contribution in [1.29, 1.82) is 0 Å². The maximum Gasteiger partial charge on any atom is 0.0480 e. The van der Waals surface area contributed by atoms with Crippen LogP contribution < -0.4 is 0 Å². The normalized spacial score (nSPS) is 13.0. The molecule has 1 unspecified atom stereocenters. The number of fused-ring (bicyclic) bond motifs is 2. The van der Waals surface area contributed by atoms with Gasteiger partial charge < -0.3 is 9.55 Å². The predicted octanol–water partition coefficient (Wildman–Crippen LogP) is 4.81. The number of H-pyrrole nitrogens is 1. The zero-order chi connectivity index (χ0) is 14.4. The van der Waals surface area contributed by atoms with Crippen molar-refractivity contribution in [2.45, 2.75) is 12.8 Å². The van der Waals surface area contributed by atoms with Gasteiger partial charge in [-0.3, -0.25) is 0 Å². The van der Waals surface area contributed by atoms with Crippen LogP contribution >= 0.6 is 0 Å². The number of aromatic amines is 1. The van der Waals surface area contributed by atoms with Crippen molar-refractivity contribution in [1.82, 2.24) is 9.55 Å². The van der Waals surface area contributed by atoms with Gasteiger partial charge in [0.1, 0.15) is 0 Å². The first-order chi connectivity index (χ1) is 10.3. The summed E-state index contributed by atoms with van der Waals surface area (Å²) in [5.41, 5.74) is 5.25. The summed E-state index contributed by atoms with van der Waals surface area (Å²) in [6.07, 6.45) is 4.41. The number of hydrogen-bond acceptors (Lipinski definition) is 0. The molecule has 0 aliphatic rings. The number of aryl methyl sites for hydroxylation is 1. The van der Waals surface area contributed by atoms with E-state index in [-0.39, 0.29) is 0 Å². The third-order valence-electron chi connectivity index (χ3n) is 4.48. The van der Waals surface area contributed by atoms with Crippen molar-refractivity contribution in [2.75, 3.05) is 0 Å². The monoisotopic (exact) mass is 274 g/mol. The first-order valence-corrected chi connectivity index (χ1v) is 7.35. The second kappa shape index (κ2) is 4.52. The average molecular weight is 274 g/mol. The number of nitrogens with one attached hydrogen (secondary N) is 1. The lowest BCUT2D eigenvalue weighted by atomic mass is 9.92. The summed E-state index contributed by atoms with van der Waals surface area (Å²) in [6.45, 7) is 2.29. The van der Waals surface area contributed by atoms with Crippen molar-refractivity contribution in [3.05, 3.63) is 72.1 Å². The van der Waals surface area contributed by atoms with E-state index < -0.39 is 0 Å². The number of aromatic nitrogens is 2. The minimum Gasteiger partial charge on any atom is -0.361 e. The fraction of sp³-hybridized carbons (Fsp3) is 0.158. The Morgan fingerprint density at radius 1 is 0.905 bits per heavy atom. The molecule has 0 bridgehead atoms. The molecular formula is C19H18N2. The number of para-hydroxylation sites is 2. The number of hydrogen-bond donors (Lipinski definition) is 1. The van der Waals surface area contributed by atoms with Gasteiger partial charge in [0, 0.05) is 47.2 Å². The quantitative estimate of drug-likeness (QED) is 0.541. The zero-order valence-electron chi connectivity index (χ0n) is 12.3. The standard InChI is InChI=1S/C19H18N2/c1-13(16-11-20-18-9-5-3-7-14(16)18)17-12-21(2)19-10-6-4-8-15(17)19/h3-13,20H,1-2H3. The lowest BCUT2D eigenvalue weighted by Gasteiger charge is -2.10. The van der Waals surface area contributed by atoms with Crippen LogP contribution in [0.1, 0.15) is 24.0 Å². The van der Waals surface area contributed by atoms with E-state index in [9.17, 15) is 0 Å². The minimum atomic E-state index is 0.368. The molecule has 2 heteroatoms. The van der Waals surface area contributed by atoms with Crippen LogP contribution in [0.3, 0.4) is 0 Å². The molecule has 0 saturated heterocycles. The Labute approximate surface area is 124 Å². The Kier molecular flexibility index (Phi) is 2.64. The highest BCUT2D eigenvalue weighted by molar-refractivity contribution is 5.88. The van der Waals surface area contributed by atoms with Gasteiger partial charge in [0.05, 0.1) is 0 Å². The van der Waals surface area contributed by atoms with Gasteiger partial charge in [-0.05, 0) is 23.3 Å². The van der Waals surface area contributed by atoms with Crippen LogP contribution in [0.4, 0.5) is 0 Å². The lowest BCUT2D eigenvalue weighted by Crippen LogP contribution is -1.94. The largest absolute Gasteiger partial charge is 0.361 e. The smallest absolute Gasteiger partial charge is 0.0480 e. The highest BCUT2D eigenvalue weighted by Crippen LogP contribution is 2.34. The van der Waals surface area contributed by atoms with Gasteiger partial charge in [-0.2, -0.15) is 0 Å². The summed E-state index contributed by atoms with van der Waals surface area (Å²) in [7, 11) is 2.12. The molecule has 2 aromatic carbocycles. The summed E-state index contributed by atoms with van der Waals surface area (Å²) < 4.78 is 2.22. The molecule has 2 aromatic heterocycles. The predicted molar refractivity (Wildman–Crippen MR) is 88.7 cm³/mol. The minimum absolute atomic E-state index is 0.368. The molecule has 4 aromatic rings. The van der Waals surface area contributed by atoms with E-state index in [0.717, 1.165) is 0 Å². The van der Waals surface area contributed by atoms with Gasteiger partial charge >= 0.3 is 0 Å². The van der Waals surface area contributed by atoms with Crippen LogP contribution in [0.25, 0.3) is 21.8 Å². The molecule has 1 N–H and O–H groups in total. The Morgan fingerprint density at radius 2 is 1.62 bits per heavy atom. The van der Waals surface area contributed by atoms with Crippen molar-refractivity contribution in [3.8, 4) is 0 Å². The first kappa shape index (κ1) is 12.3. The molecular weight excluding hydrogens is 256 g/mol. The van der Waals surface area contributed by atoms with Crippen molar-refractivity contribution in [2.24, 2.45) is 7.05 Å². The molecule has 0 aliphatic carbocycles. The molecule has 0 radical (unpaired) electrons. The van der Waals surface area contributed by atoms with Crippen LogP contribution in [0.5, 0.6) is 0 Å². The van der Waals surface area contributed by atoms with E-state index in [2.05, 4.69) is 84.4 Å². The fourth-order valence-corrected chi connectivity index (χ4v) is 3.34. The third kappa shape index (κ3) is 1.79. The molecule has 2 nitrogen and oxygen atoms in total. The number of benzene rings is 2. The van der Waals surface area contributed by atoms with Gasteiger partial charge in [0.2, 0.25) is 0 Å². The molecule has 21 heavy (non-hydrogen) atoms. The zero-order valence-corrected chi connectivity index (χ0v) is 12.3. The summed E-state index contributed by atoms with van der Waals surface area (Å²) >= 11 is 0. The maximum absolute atomic E-state index is 3.39. The molecule has 4 rings (SSSR count). The van der Waals surface area contributed by atoms with Crippen LogP contribution in [-0.2, 0) is 7.05 Å². The highest BCUT2D eigenvalue weighted by Gasteiger charge is 2.17. The summed E-state index contributed by atoms with van der Waals surface area (Å²) in [5.74, 6) is 0.368. The van der Waals surface area contributed by atoms with Crippen LogP contribution in [0.15, 0.2) is 60.9 Å². The van der Waals surface area contributed by atoms with Crippen molar-refractivity contribution < 1.29 is 0 Å². The average Bonchev–Trinajstić information content (AvgIpc) is 3.09. The fourth-order valence-electron chi connectivity index (χ4n) is 3.34.